The van der Waals surface area contributed by atoms with Crippen LogP contribution in [0.4, 0.5) is 5.69 Å². The van der Waals surface area contributed by atoms with Crippen molar-refractivity contribution in [3.63, 3.8) is 0 Å². The van der Waals surface area contributed by atoms with E-state index >= 15 is 0 Å². The van der Waals surface area contributed by atoms with Gasteiger partial charge in [-0.2, -0.15) is 5.26 Å². The summed E-state index contributed by atoms with van der Waals surface area (Å²) in [6.45, 7) is 3.22. The van der Waals surface area contributed by atoms with E-state index in [1.165, 1.54) is 24.3 Å². The molecule has 0 aliphatic rings. The Morgan fingerprint density at radius 3 is 2.31 bits per heavy atom. The molecule has 5 heteroatoms. The summed E-state index contributed by atoms with van der Waals surface area (Å²) in [6.07, 6.45) is -0.960. The number of non-ortho nitro benzene ring substituents is 1. The average Bonchev–Trinajstić information content (AvgIpc) is 2.28. The molecular formula is C11H12N2O3. The largest absolute Gasteiger partial charge is 0.387 e. The summed E-state index contributed by atoms with van der Waals surface area (Å²) >= 11 is 0. The van der Waals surface area contributed by atoms with E-state index in [4.69, 9.17) is 5.26 Å². The molecule has 0 amide bonds. The lowest BCUT2D eigenvalue weighted by Crippen LogP contribution is -2.19. The molecule has 1 aromatic carbocycles. The maximum Gasteiger partial charge on any atom is 0.269 e. The van der Waals surface area contributed by atoms with Gasteiger partial charge in [0.15, 0.2) is 0 Å². The number of aliphatic hydroxyl groups excluding tert-OH is 1. The van der Waals surface area contributed by atoms with Crippen molar-refractivity contribution in [2.45, 2.75) is 20.0 Å². The lowest BCUT2D eigenvalue weighted by Gasteiger charge is -2.22. The Hall–Kier alpha value is -1.93. The summed E-state index contributed by atoms with van der Waals surface area (Å²) in [5, 5.41) is 29.2. The maximum absolute atomic E-state index is 10.4. The molecule has 0 fully saturated rings. The fraction of sp³-hybridized carbons (Fsp3) is 0.364. The Balaban J connectivity index is 3.00. The van der Waals surface area contributed by atoms with E-state index < -0.39 is 16.4 Å². The lowest BCUT2D eigenvalue weighted by molar-refractivity contribution is -0.384. The van der Waals surface area contributed by atoms with Crippen molar-refractivity contribution in [3.05, 3.63) is 39.9 Å². The van der Waals surface area contributed by atoms with Gasteiger partial charge in [0.1, 0.15) is 0 Å². The highest BCUT2D eigenvalue weighted by Gasteiger charge is 2.29. The van der Waals surface area contributed by atoms with Crippen LogP contribution in [-0.4, -0.2) is 10.0 Å². The van der Waals surface area contributed by atoms with Crippen LogP contribution in [0, 0.1) is 26.9 Å². The van der Waals surface area contributed by atoms with E-state index in [1.54, 1.807) is 13.8 Å². The van der Waals surface area contributed by atoms with E-state index in [0.717, 1.165) is 0 Å². The molecule has 84 valence electrons. The predicted octanol–water partition coefficient (Wildman–Crippen LogP) is 2.18. The number of nitrogens with zero attached hydrogens (tertiary/aromatic N) is 2. The third-order valence-electron chi connectivity index (χ3n) is 2.39. The normalized spacial score (nSPS) is 12.9. The molecule has 0 unspecified atom stereocenters. The molecule has 0 aliphatic heterocycles. The van der Waals surface area contributed by atoms with Crippen LogP contribution in [0.2, 0.25) is 0 Å². The minimum absolute atomic E-state index is 0.0364. The molecular weight excluding hydrogens is 208 g/mol. The van der Waals surface area contributed by atoms with Gasteiger partial charge < -0.3 is 5.11 Å². The topological polar surface area (TPSA) is 87.2 Å². The Bertz CT molecular complexity index is 432. The summed E-state index contributed by atoms with van der Waals surface area (Å²) in [4.78, 5) is 9.92. The van der Waals surface area contributed by atoms with Crippen LogP contribution in [-0.2, 0) is 0 Å². The molecule has 1 aromatic rings. The van der Waals surface area contributed by atoms with Gasteiger partial charge in [-0.25, -0.2) is 0 Å². The van der Waals surface area contributed by atoms with Crippen molar-refractivity contribution < 1.29 is 10.0 Å². The zero-order chi connectivity index (χ0) is 12.3. The second-order valence-electron chi connectivity index (χ2n) is 4.08. The Kier molecular flexibility index (Phi) is 3.25. The number of rotatable bonds is 3. The van der Waals surface area contributed by atoms with Gasteiger partial charge in [0.05, 0.1) is 22.5 Å². The number of nitriles is 1. The fourth-order valence-electron chi connectivity index (χ4n) is 1.26. The average molecular weight is 220 g/mol. The zero-order valence-corrected chi connectivity index (χ0v) is 9.04. The number of nitro benzene ring substituents is 1. The summed E-state index contributed by atoms with van der Waals surface area (Å²) in [6, 6.07) is 7.54. The Morgan fingerprint density at radius 1 is 1.44 bits per heavy atom. The van der Waals surface area contributed by atoms with Crippen LogP contribution in [0.25, 0.3) is 0 Å². The first-order valence-corrected chi connectivity index (χ1v) is 4.72. The summed E-state index contributed by atoms with van der Waals surface area (Å²) < 4.78 is 0. The van der Waals surface area contributed by atoms with Crippen LogP contribution >= 0.6 is 0 Å². The molecule has 0 bridgehead atoms. The van der Waals surface area contributed by atoms with Crippen molar-refractivity contribution in [1.29, 1.82) is 5.26 Å². The lowest BCUT2D eigenvalue weighted by atomic mass is 9.84. The van der Waals surface area contributed by atoms with Gasteiger partial charge in [0, 0.05) is 12.1 Å². The molecule has 16 heavy (non-hydrogen) atoms. The fourth-order valence-corrected chi connectivity index (χ4v) is 1.26. The first kappa shape index (κ1) is 12.1. The molecule has 0 saturated heterocycles. The Labute approximate surface area is 93.1 Å². The summed E-state index contributed by atoms with van der Waals surface area (Å²) in [5.74, 6) is 0. The third kappa shape index (κ3) is 2.35. The standard InChI is InChI=1S/C11H12N2O3/c1-11(2,7-12)10(14)8-3-5-9(6-4-8)13(15)16/h3-6,10,14H,1-2H3/t10-/m0/s1. The molecule has 1 atom stereocenters. The van der Waals surface area contributed by atoms with Crippen molar-refractivity contribution in [1.82, 2.24) is 0 Å². The van der Waals surface area contributed by atoms with Gasteiger partial charge in [-0.3, -0.25) is 10.1 Å². The van der Waals surface area contributed by atoms with Gasteiger partial charge in [-0.05, 0) is 31.5 Å². The third-order valence-corrected chi connectivity index (χ3v) is 2.39. The van der Waals surface area contributed by atoms with Crippen molar-refractivity contribution >= 4 is 5.69 Å². The minimum atomic E-state index is -0.960. The number of aliphatic hydroxyl groups is 1. The molecule has 0 aliphatic carbocycles. The second kappa shape index (κ2) is 4.29. The van der Waals surface area contributed by atoms with Crippen LogP contribution in [0.15, 0.2) is 24.3 Å². The van der Waals surface area contributed by atoms with Gasteiger partial charge in [0.25, 0.3) is 5.69 Å². The second-order valence-corrected chi connectivity index (χ2v) is 4.08. The highest BCUT2D eigenvalue weighted by Crippen LogP contribution is 2.32. The maximum atomic E-state index is 10.4. The quantitative estimate of drug-likeness (QED) is 0.624. The van der Waals surface area contributed by atoms with E-state index in [1.807, 2.05) is 6.07 Å². The number of hydrogen-bond donors (Lipinski definition) is 1. The van der Waals surface area contributed by atoms with Crippen LogP contribution in [0.3, 0.4) is 0 Å². The molecule has 0 aromatic heterocycles. The number of hydrogen-bond acceptors (Lipinski definition) is 4. The van der Waals surface area contributed by atoms with E-state index in [-0.39, 0.29) is 5.69 Å². The van der Waals surface area contributed by atoms with Gasteiger partial charge >= 0.3 is 0 Å². The van der Waals surface area contributed by atoms with Gasteiger partial charge in [-0.1, -0.05) is 0 Å². The predicted molar refractivity (Wildman–Crippen MR) is 57.5 cm³/mol. The molecule has 1 N–H and O–H groups in total. The van der Waals surface area contributed by atoms with Crippen molar-refractivity contribution in [3.8, 4) is 6.07 Å². The Morgan fingerprint density at radius 2 is 1.94 bits per heavy atom. The van der Waals surface area contributed by atoms with Gasteiger partial charge in [0.2, 0.25) is 0 Å². The minimum Gasteiger partial charge on any atom is -0.387 e. The highest BCUT2D eigenvalue weighted by molar-refractivity contribution is 5.34. The summed E-state index contributed by atoms with van der Waals surface area (Å²) in [5.41, 5.74) is -0.460. The monoisotopic (exact) mass is 220 g/mol. The molecule has 0 radical (unpaired) electrons. The SMILES string of the molecule is CC(C)(C#N)[C@@H](O)c1ccc([N+](=O)[O-])cc1. The van der Waals surface area contributed by atoms with E-state index in [9.17, 15) is 15.2 Å². The van der Waals surface area contributed by atoms with Crippen molar-refractivity contribution in [2.24, 2.45) is 5.41 Å². The van der Waals surface area contributed by atoms with Crippen molar-refractivity contribution in [2.75, 3.05) is 0 Å². The smallest absolute Gasteiger partial charge is 0.269 e. The van der Waals surface area contributed by atoms with Gasteiger partial charge in [-0.15, -0.1) is 0 Å². The molecule has 5 nitrogen and oxygen atoms in total. The molecule has 0 spiro atoms. The molecule has 1 rings (SSSR count). The molecule has 0 saturated carbocycles. The van der Waals surface area contributed by atoms with Crippen LogP contribution < -0.4 is 0 Å². The summed E-state index contributed by atoms with van der Waals surface area (Å²) in [7, 11) is 0. The number of nitro groups is 1. The first-order chi connectivity index (χ1) is 7.38. The molecule has 0 heterocycles. The van der Waals surface area contributed by atoms with Crippen LogP contribution in [0.5, 0.6) is 0 Å². The van der Waals surface area contributed by atoms with Crippen LogP contribution in [0.1, 0.15) is 25.5 Å². The first-order valence-electron chi connectivity index (χ1n) is 4.72. The zero-order valence-electron chi connectivity index (χ0n) is 9.04. The highest BCUT2D eigenvalue weighted by atomic mass is 16.6. The van der Waals surface area contributed by atoms with E-state index in [2.05, 4.69) is 0 Å². The number of benzene rings is 1. The van der Waals surface area contributed by atoms with E-state index in [0.29, 0.717) is 5.56 Å².